The highest BCUT2D eigenvalue weighted by Gasteiger charge is 2.39. The molecule has 0 amide bonds. The van der Waals surface area contributed by atoms with Crippen LogP contribution >= 0.6 is 24.8 Å². The van der Waals surface area contributed by atoms with Gasteiger partial charge in [-0.2, -0.15) is 0 Å². The zero-order valence-corrected chi connectivity index (χ0v) is 13.1. The van der Waals surface area contributed by atoms with Crippen LogP contribution in [0.25, 0.3) is 0 Å². The largest absolute Gasteiger partial charge is 0.308 e. The highest BCUT2D eigenvalue weighted by molar-refractivity contribution is 5.85. The van der Waals surface area contributed by atoms with E-state index in [1.54, 1.807) is 0 Å². The normalized spacial score (nSPS) is 32.3. The van der Waals surface area contributed by atoms with Gasteiger partial charge in [-0.1, -0.05) is 30.3 Å². The molecule has 0 saturated carbocycles. The van der Waals surface area contributed by atoms with Crippen molar-refractivity contribution in [3.8, 4) is 0 Å². The summed E-state index contributed by atoms with van der Waals surface area (Å²) in [6.45, 7) is 6.03. The van der Waals surface area contributed by atoms with Crippen molar-refractivity contribution in [2.75, 3.05) is 13.1 Å². The van der Waals surface area contributed by atoms with Crippen molar-refractivity contribution in [1.29, 1.82) is 0 Å². The Morgan fingerprint density at radius 1 is 1.11 bits per heavy atom. The molecule has 0 radical (unpaired) electrons. The molecule has 1 aromatic carbocycles. The smallest absolute Gasteiger partial charge is 0.0253 e. The maximum Gasteiger partial charge on any atom is 0.0253 e. The van der Waals surface area contributed by atoms with Gasteiger partial charge in [0.15, 0.2) is 0 Å². The van der Waals surface area contributed by atoms with E-state index in [2.05, 4.69) is 47.5 Å². The topological polar surface area (TPSA) is 15.3 Å². The van der Waals surface area contributed by atoms with E-state index in [1.165, 1.54) is 31.5 Å². The quantitative estimate of drug-likeness (QED) is 0.923. The van der Waals surface area contributed by atoms with Crippen molar-refractivity contribution in [2.24, 2.45) is 5.92 Å². The predicted octanol–water partition coefficient (Wildman–Crippen LogP) is 3.10. The molecule has 3 heterocycles. The molecule has 3 fully saturated rings. The van der Waals surface area contributed by atoms with Gasteiger partial charge < -0.3 is 5.32 Å². The van der Waals surface area contributed by atoms with Gasteiger partial charge in [0.05, 0.1) is 0 Å². The zero-order chi connectivity index (χ0) is 11.7. The molecule has 2 atom stereocenters. The fraction of sp³-hybridized carbons (Fsp3) is 0.600. The summed E-state index contributed by atoms with van der Waals surface area (Å²) in [5, 5.41) is 3.78. The lowest BCUT2D eigenvalue weighted by Crippen LogP contribution is -2.61. The van der Waals surface area contributed by atoms with E-state index in [9.17, 15) is 0 Å². The van der Waals surface area contributed by atoms with Crippen molar-refractivity contribution in [3.05, 3.63) is 35.9 Å². The van der Waals surface area contributed by atoms with Crippen LogP contribution < -0.4 is 5.32 Å². The van der Waals surface area contributed by atoms with Gasteiger partial charge in [0.1, 0.15) is 0 Å². The van der Waals surface area contributed by atoms with Crippen LogP contribution in [0.5, 0.6) is 0 Å². The second kappa shape index (κ2) is 7.49. The Bertz CT molecular complexity index is 362. The molecule has 108 valence electrons. The van der Waals surface area contributed by atoms with E-state index in [4.69, 9.17) is 0 Å². The van der Waals surface area contributed by atoms with Gasteiger partial charge >= 0.3 is 0 Å². The standard InChI is InChI=1S/C15H22N2.2ClH/c1-12-15(14-7-9-17(12)10-8-14)16-11-13-5-3-2-4-6-13;;/h2-6,12,14-16H,7-11H2,1H3;2*1H. The Hall–Kier alpha value is -0.280. The lowest BCUT2D eigenvalue weighted by molar-refractivity contribution is 0.0216. The van der Waals surface area contributed by atoms with Crippen LogP contribution in [0.1, 0.15) is 25.3 Å². The lowest BCUT2D eigenvalue weighted by Gasteiger charge is -2.50. The highest BCUT2D eigenvalue weighted by Crippen LogP contribution is 2.32. The first-order chi connectivity index (χ1) is 8.34. The van der Waals surface area contributed by atoms with Crippen LogP contribution in [0.2, 0.25) is 0 Å². The van der Waals surface area contributed by atoms with Gasteiger partial charge in [0.25, 0.3) is 0 Å². The number of rotatable bonds is 3. The van der Waals surface area contributed by atoms with E-state index in [1.807, 2.05) is 0 Å². The Morgan fingerprint density at radius 2 is 1.74 bits per heavy atom. The van der Waals surface area contributed by atoms with Crippen molar-refractivity contribution in [2.45, 2.75) is 38.4 Å². The summed E-state index contributed by atoms with van der Waals surface area (Å²) in [6, 6.07) is 12.1. The van der Waals surface area contributed by atoms with Gasteiger partial charge in [-0.05, 0) is 44.3 Å². The van der Waals surface area contributed by atoms with Gasteiger partial charge in [-0.25, -0.2) is 0 Å². The van der Waals surface area contributed by atoms with E-state index < -0.39 is 0 Å². The van der Waals surface area contributed by atoms with Crippen molar-refractivity contribution in [1.82, 2.24) is 10.2 Å². The molecular formula is C15H24Cl2N2. The molecule has 0 aliphatic carbocycles. The minimum atomic E-state index is 0. The second-order valence-electron chi connectivity index (χ2n) is 5.51. The van der Waals surface area contributed by atoms with Crippen LogP contribution in [0.4, 0.5) is 0 Å². The predicted molar refractivity (Wildman–Crippen MR) is 85.3 cm³/mol. The number of nitrogens with zero attached hydrogens (tertiary/aromatic N) is 1. The maximum absolute atomic E-state index is 3.78. The second-order valence-corrected chi connectivity index (χ2v) is 5.51. The fourth-order valence-corrected chi connectivity index (χ4v) is 3.48. The minimum Gasteiger partial charge on any atom is -0.308 e. The Balaban J connectivity index is 0.000000902. The molecule has 0 aromatic heterocycles. The first kappa shape index (κ1) is 16.8. The molecule has 3 aliphatic heterocycles. The van der Waals surface area contributed by atoms with E-state index in [0.29, 0.717) is 12.1 Å². The van der Waals surface area contributed by atoms with E-state index in [0.717, 1.165) is 12.5 Å². The minimum absolute atomic E-state index is 0. The summed E-state index contributed by atoms with van der Waals surface area (Å²) in [4.78, 5) is 2.64. The first-order valence-corrected chi connectivity index (χ1v) is 6.86. The van der Waals surface area contributed by atoms with Crippen LogP contribution in [0, 0.1) is 5.92 Å². The van der Waals surface area contributed by atoms with Crippen molar-refractivity contribution < 1.29 is 0 Å². The number of fused-ring (bicyclic) bond motifs is 3. The molecule has 2 nitrogen and oxygen atoms in total. The molecular weight excluding hydrogens is 279 g/mol. The van der Waals surface area contributed by atoms with Gasteiger partial charge in [0, 0.05) is 18.6 Å². The third-order valence-electron chi connectivity index (χ3n) is 4.56. The number of benzene rings is 1. The average Bonchev–Trinajstić information content (AvgIpc) is 2.40. The van der Waals surface area contributed by atoms with Gasteiger partial charge in [-0.15, -0.1) is 24.8 Å². The molecule has 4 heteroatoms. The molecule has 0 spiro atoms. The molecule has 3 aliphatic rings. The van der Waals surface area contributed by atoms with E-state index in [-0.39, 0.29) is 24.8 Å². The maximum atomic E-state index is 3.78. The number of hydrogen-bond donors (Lipinski definition) is 1. The Morgan fingerprint density at radius 3 is 2.32 bits per heavy atom. The first-order valence-electron chi connectivity index (χ1n) is 6.86. The molecule has 1 N–H and O–H groups in total. The van der Waals surface area contributed by atoms with Crippen molar-refractivity contribution >= 4 is 24.8 Å². The third kappa shape index (κ3) is 3.63. The molecule has 1 aromatic rings. The molecule has 19 heavy (non-hydrogen) atoms. The van der Waals surface area contributed by atoms with Crippen LogP contribution in [-0.2, 0) is 6.54 Å². The zero-order valence-electron chi connectivity index (χ0n) is 11.4. The fourth-order valence-electron chi connectivity index (χ4n) is 3.48. The number of halogens is 2. The summed E-state index contributed by atoms with van der Waals surface area (Å²) >= 11 is 0. The monoisotopic (exact) mass is 302 g/mol. The summed E-state index contributed by atoms with van der Waals surface area (Å²) in [7, 11) is 0. The number of piperidine rings is 3. The lowest BCUT2D eigenvalue weighted by atomic mass is 9.79. The summed E-state index contributed by atoms with van der Waals surface area (Å²) < 4.78 is 0. The number of hydrogen-bond acceptors (Lipinski definition) is 2. The Labute approximate surface area is 128 Å². The SMILES string of the molecule is CC1C(NCc2ccccc2)C2CCN1CC2.Cl.Cl. The van der Waals surface area contributed by atoms with Gasteiger partial charge in [0.2, 0.25) is 0 Å². The third-order valence-corrected chi connectivity index (χ3v) is 4.56. The Kier molecular flexibility index (Phi) is 6.61. The molecule has 2 bridgehead atoms. The van der Waals surface area contributed by atoms with Crippen LogP contribution in [0.15, 0.2) is 30.3 Å². The summed E-state index contributed by atoms with van der Waals surface area (Å²) in [6.07, 6.45) is 2.77. The highest BCUT2D eigenvalue weighted by atomic mass is 35.5. The van der Waals surface area contributed by atoms with E-state index >= 15 is 0 Å². The summed E-state index contributed by atoms with van der Waals surface area (Å²) in [5.74, 6) is 0.902. The van der Waals surface area contributed by atoms with Crippen LogP contribution in [-0.4, -0.2) is 30.1 Å². The number of nitrogens with one attached hydrogen (secondary N) is 1. The summed E-state index contributed by atoms with van der Waals surface area (Å²) in [5.41, 5.74) is 1.40. The molecule has 3 saturated heterocycles. The molecule has 2 unspecified atom stereocenters. The van der Waals surface area contributed by atoms with Crippen molar-refractivity contribution in [3.63, 3.8) is 0 Å². The average molecular weight is 303 g/mol. The molecule has 4 rings (SSSR count). The van der Waals surface area contributed by atoms with Gasteiger partial charge in [-0.3, -0.25) is 4.90 Å². The van der Waals surface area contributed by atoms with Crippen LogP contribution in [0.3, 0.4) is 0 Å².